The first kappa shape index (κ1) is 18.2. The lowest BCUT2D eigenvalue weighted by molar-refractivity contribution is -0.151. The Hall–Kier alpha value is -3.15. The van der Waals surface area contributed by atoms with Gasteiger partial charge in [0.25, 0.3) is 0 Å². The van der Waals surface area contributed by atoms with Crippen molar-refractivity contribution in [2.45, 2.75) is 19.4 Å². The SMILES string of the molecule is COC(=O)[C@H]1C(=O)C2=C(C[C@@H]1C)Nc1ccccc1N[C@@H]2c1ccccc1F. The lowest BCUT2D eigenvalue weighted by Crippen LogP contribution is -2.39. The van der Waals surface area contributed by atoms with Gasteiger partial charge in [0.1, 0.15) is 11.7 Å². The van der Waals surface area contributed by atoms with Crippen LogP contribution in [0.15, 0.2) is 59.8 Å². The Kier molecular flexibility index (Phi) is 4.63. The number of Topliss-reactive ketones (excluding diaryl/α,β-unsaturated/α-hetero) is 1. The van der Waals surface area contributed by atoms with Crippen molar-refractivity contribution in [3.05, 3.63) is 71.2 Å². The smallest absolute Gasteiger partial charge is 0.316 e. The third-order valence-corrected chi connectivity index (χ3v) is 5.44. The average molecular weight is 380 g/mol. The number of hydrogen-bond acceptors (Lipinski definition) is 5. The van der Waals surface area contributed by atoms with Crippen molar-refractivity contribution in [2.75, 3.05) is 17.7 Å². The van der Waals surface area contributed by atoms with E-state index in [0.717, 1.165) is 11.4 Å². The zero-order chi connectivity index (χ0) is 19.8. The number of ether oxygens (including phenoxy) is 1. The normalized spacial score (nSPS) is 23.7. The summed E-state index contributed by atoms with van der Waals surface area (Å²) in [5.41, 5.74) is 3.03. The van der Waals surface area contributed by atoms with E-state index >= 15 is 0 Å². The van der Waals surface area contributed by atoms with E-state index < -0.39 is 23.7 Å². The van der Waals surface area contributed by atoms with Gasteiger partial charge in [0.15, 0.2) is 5.78 Å². The fraction of sp³-hybridized carbons (Fsp3) is 0.273. The van der Waals surface area contributed by atoms with E-state index in [2.05, 4.69) is 10.6 Å². The second-order valence-electron chi connectivity index (χ2n) is 7.21. The highest BCUT2D eigenvalue weighted by atomic mass is 19.1. The summed E-state index contributed by atoms with van der Waals surface area (Å²) in [5, 5.41) is 6.65. The largest absolute Gasteiger partial charge is 0.468 e. The molecule has 0 spiro atoms. The summed E-state index contributed by atoms with van der Waals surface area (Å²) in [6.07, 6.45) is 0.488. The van der Waals surface area contributed by atoms with E-state index in [-0.39, 0.29) is 11.7 Å². The Balaban J connectivity index is 1.90. The van der Waals surface area contributed by atoms with Crippen LogP contribution in [-0.2, 0) is 14.3 Å². The molecule has 28 heavy (non-hydrogen) atoms. The number of benzene rings is 2. The summed E-state index contributed by atoms with van der Waals surface area (Å²) in [4.78, 5) is 25.7. The van der Waals surface area contributed by atoms with Crippen LogP contribution in [0.4, 0.5) is 15.8 Å². The van der Waals surface area contributed by atoms with E-state index in [1.807, 2.05) is 31.2 Å². The van der Waals surface area contributed by atoms with Crippen LogP contribution in [-0.4, -0.2) is 18.9 Å². The third kappa shape index (κ3) is 2.95. The molecule has 0 saturated heterocycles. The van der Waals surface area contributed by atoms with E-state index in [4.69, 9.17) is 4.74 Å². The molecule has 1 heterocycles. The summed E-state index contributed by atoms with van der Waals surface area (Å²) in [5.74, 6) is -2.42. The fourth-order valence-corrected chi connectivity index (χ4v) is 4.08. The number of carbonyl (C=O) groups is 2. The Morgan fingerprint density at radius 1 is 1.11 bits per heavy atom. The maximum absolute atomic E-state index is 14.7. The molecular formula is C22H21FN2O3. The Morgan fingerprint density at radius 3 is 2.50 bits per heavy atom. The predicted molar refractivity (Wildman–Crippen MR) is 104 cm³/mol. The molecule has 0 fully saturated rings. The number of esters is 1. The van der Waals surface area contributed by atoms with Gasteiger partial charge in [0, 0.05) is 16.8 Å². The van der Waals surface area contributed by atoms with Gasteiger partial charge >= 0.3 is 5.97 Å². The van der Waals surface area contributed by atoms with Gasteiger partial charge in [-0.15, -0.1) is 0 Å². The van der Waals surface area contributed by atoms with Crippen LogP contribution in [0.2, 0.25) is 0 Å². The zero-order valence-electron chi connectivity index (χ0n) is 15.7. The number of anilines is 2. The summed E-state index contributed by atoms with van der Waals surface area (Å²) < 4.78 is 19.6. The van der Waals surface area contributed by atoms with Crippen molar-refractivity contribution in [1.82, 2.24) is 0 Å². The number of carbonyl (C=O) groups excluding carboxylic acids is 2. The summed E-state index contributed by atoms with van der Waals surface area (Å²) >= 11 is 0. The van der Waals surface area contributed by atoms with E-state index in [9.17, 15) is 14.0 Å². The number of methoxy groups -OCH3 is 1. The summed E-state index contributed by atoms with van der Waals surface area (Å²) in [7, 11) is 1.28. The molecule has 0 aromatic heterocycles. The van der Waals surface area contributed by atoms with Crippen LogP contribution in [0.5, 0.6) is 0 Å². The molecule has 5 nitrogen and oxygen atoms in total. The van der Waals surface area contributed by atoms with Crippen molar-refractivity contribution in [3.8, 4) is 0 Å². The molecule has 1 aliphatic carbocycles. The number of para-hydroxylation sites is 2. The first-order chi connectivity index (χ1) is 13.5. The lowest BCUT2D eigenvalue weighted by atomic mass is 9.74. The molecule has 1 aliphatic heterocycles. The molecule has 4 rings (SSSR count). The van der Waals surface area contributed by atoms with Gasteiger partial charge in [-0.1, -0.05) is 37.3 Å². The molecule has 0 bridgehead atoms. The summed E-state index contributed by atoms with van der Waals surface area (Å²) in [6.45, 7) is 1.85. The Labute approximate surface area is 162 Å². The number of halogens is 1. The van der Waals surface area contributed by atoms with Crippen molar-refractivity contribution in [2.24, 2.45) is 11.8 Å². The highest BCUT2D eigenvalue weighted by Gasteiger charge is 2.44. The van der Waals surface area contributed by atoms with Gasteiger partial charge < -0.3 is 15.4 Å². The number of nitrogens with one attached hydrogen (secondary N) is 2. The van der Waals surface area contributed by atoms with Crippen molar-refractivity contribution in [1.29, 1.82) is 0 Å². The highest BCUT2D eigenvalue weighted by molar-refractivity contribution is 6.11. The number of fused-ring (bicyclic) bond motifs is 1. The molecule has 144 valence electrons. The predicted octanol–water partition coefficient (Wildman–Crippen LogP) is 4.06. The molecule has 0 unspecified atom stereocenters. The first-order valence-corrected chi connectivity index (χ1v) is 9.23. The third-order valence-electron chi connectivity index (χ3n) is 5.44. The van der Waals surface area contributed by atoms with Gasteiger partial charge in [-0.25, -0.2) is 4.39 Å². The van der Waals surface area contributed by atoms with E-state index in [1.54, 1.807) is 18.2 Å². The van der Waals surface area contributed by atoms with Crippen molar-refractivity contribution >= 4 is 23.1 Å². The maximum atomic E-state index is 14.7. The van der Waals surface area contributed by atoms with Gasteiger partial charge in [0.2, 0.25) is 0 Å². The summed E-state index contributed by atoms with van der Waals surface area (Å²) in [6, 6.07) is 13.2. The van der Waals surface area contributed by atoms with Crippen molar-refractivity contribution < 1.29 is 18.7 Å². The molecule has 2 aliphatic rings. The monoisotopic (exact) mass is 380 g/mol. The van der Waals surface area contributed by atoms with Crippen LogP contribution >= 0.6 is 0 Å². The van der Waals surface area contributed by atoms with Gasteiger partial charge in [0.05, 0.1) is 24.5 Å². The molecule has 2 aromatic carbocycles. The Bertz CT molecular complexity index is 985. The zero-order valence-corrected chi connectivity index (χ0v) is 15.7. The topological polar surface area (TPSA) is 67.4 Å². The molecule has 0 amide bonds. The average Bonchev–Trinajstić information content (AvgIpc) is 2.84. The van der Waals surface area contributed by atoms with Crippen LogP contribution in [0.3, 0.4) is 0 Å². The fourth-order valence-electron chi connectivity index (χ4n) is 4.08. The second-order valence-corrected chi connectivity index (χ2v) is 7.21. The minimum absolute atomic E-state index is 0.224. The molecular weight excluding hydrogens is 359 g/mol. The highest BCUT2D eigenvalue weighted by Crippen LogP contribution is 2.44. The number of rotatable bonds is 2. The molecule has 0 saturated carbocycles. The van der Waals surface area contributed by atoms with Gasteiger partial charge in [-0.3, -0.25) is 9.59 Å². The molecule has 6 heteroatoms. The van der Waals surface area contributed by atoms with Crippen molar-refractivity contribution in [3.63, 3.8) is 0 Å². The van der Waals surface area contributed by atoms with E-state index in [1.165, 1.54) is 13.2 Å². The van der Waals surface area contributed by atoms with Gasteiger partial charge in [-0.05, 0) is 30.5 Å². The van der Waals surface area contributed by atoms with E-state index in [0.29, 0.717) is 23.3 Å². The quantitative estimate of drug-likeness (QED) is 0.608. The molecule has 2 aromatic rings. The van der Waals surface area contributed by atoms with Crippen LogP contribution < -0.4 is 10.6 Å². The molecule has 0 radical (unpaired) electrons. The Morgan fingerprint density at radius 2 is 1.79 bits per heavy atom. The number of allylic oxidation sites excluding steroid dienone is 1. The second kappa shape index (κ2) is 7.11. The minimum Gasteiger partial charge on any atom is -0.468 e. The standard InChI is InChI=1S/C22H21FN2O3/c1-12-11-17-19(21(26)18(12)22(27)28-2)20(13-7-3-4-8-14(13)23)25-16-10-6-5-9-15(16)24-17/h3-10,12,18,20,24-25H,11H2,1-2H3/t12-,18+,20+/m0/s1. The van der Waals surface area contributed by atoms with Crippen LogP contribution in [0.1, 0.15) is 24.9 Å². The number of hydrogen-bond donors (Lipinski definition) is 2. The van der Waals surface area contributed by atoms with Crippen LogP contribution in [0, 0.1) is 17.7 Å². The lowest BCUT2D eigenvalue weighted by Gasteiger charge is -2.32. The minimum atomic E-state index is -0.900. The molecule has 2 N–H and O–H groups in total. The first-order valence-electron chi connectivity index (χ1n) is 9.23. The maximum Gasteiger partial charge on any atom is 0.316 e. The number of ketones is 1. The van der Waals surface area contributed by atoms with Crippen LogP contribution in [0.25, 0.3) is 0 Å². The van der Waals surface area contributed by atoms with Gasteiger partial charge in [-0.2, -0.15) is 0 Å². The molecule has 3 atom stereocenters.